The molecule has 10 heteroatoms. The molecule has 0 bridgehead atoms. The van der Waals surface area contributed by atoms with Crippen molar-refractivity contribution in [1.82, 2.24) is 10.3 Å². The minimum absolute atomic E-state index is 0.0110. The Bertz CT molecular complexity index is 1160. The standard InChI is InChI=1S/C26H27FN4O5/c1-36-17-16-29-26(35)25(18-5-11-21(32)12-6-18)31(20-9-7-19(27)8-10-20)24(34)14-13-23(33)30-22-4-2-3-15-28-22/h2-12,15,25,32H,13-14,16-17H2,1H3,(H,29,35)(H,28,30,33)/t25-/m0/s1. The number of nitrogens with zero attached hydrogens (tertiary/aromatic N) is 2. The van der Waals surface area contributed by atoms with Crippen molar-refractivity contribution in [2.24, 2.45) is 0 Å². The highest BCUT2D eigenvalue weighted by atomic mass is 19.1. The van der Waals surface area contributed by atoms with Gasteiger partial charge >= 0.3 is 0 Å². The third-order valence-corrected chi connectivity index (χ3v) is 5.19. The molecule has 0 unspecified atom stereocenters. The summed E-state index contributed by atoms with van der Waals surface area (Å²) in [6.45, 7) is 0.452. The molecule has 0 saturated heterocycles. The number of methoxy groups -OCH3 is 1. The molecule has 0 fully saturated rings. The van der Waals surface area contributed by atoms with Crippen molar-refractivity contribution in [3.8, 4) is 5.75 Å². The van der Waals surface area contributed by atoms with Crippen LogP contribution in [0.25, 0.3) is 0 Å². The molecule has 0 radical (unpaired) electrons. The summed E-state index contributed by atoms with van der Waals surface area (Å²) in [5.41, 5.74) is 0.685. The van der Waals surface area contributed by atoms with E-state index in [0.29, 0.717) is 11.4 Å². The molecule has 36 heavy (non-hydrogen) atoms. The smallest absolute Gasteiger partial charge is 0.247 e. The molecule has 1 aromatic heterocycles. The number of benzene rings is 2. The van der Waals surface area contributed by atoms with E-state index in [1.165, 1.54) is 66.7 Å². The predicted octanol–water partition coefficient (Wildman–Crippen LogP) is 3.18. The molecule has 3 aromatic rings. The lowest BCUT2D eigenvalue weighted by Gasteiger charge is -2.31. The lowest BCUT2D eigenvalue weighted by Crippen LogP contribution is -2.45. The lowest BCUT2D eigenvalue weighted by molar-refractivity contribution is -0.127. The van der Waals surface area contributed by atoms with Gasteiger partial charge in [0.2, 0.25) is 17.7 Å². The number of anilines is 2. The predicted molar refractivity (Wildman–Crippen MR) is 132 cm³/mol. The Morgan fingerprint density at radius 1 is 1.03 bits per heavy atom. The van der Waals surface area contributed by atoms with Gasteiger partial charge in [0, 0.05) is 38.4 Å². The van der Waals surface area contributed by atoms with Gasteiger partial charge in [-0.2, -0.15) is 0 Å². The number of aromatic nitrogens is 1. The van der Waals surface area contributed by atoms with Gasteiger partial charge in [0.25, 0.3) is 0 Å². The molecule has 0 saturated carbocycles. The maximum Gasteiger partial charge on any atom is 0.247 e. The average molecular weight is 495 g/mol. The fraction of sp³-hybridized carbons (Fsp3) is 0.231. The number of ether oxygens (including phenoxy) is 1. The molecule has 1 heterocycles. The monoisotopic (exact) mass is 494 g/mol. The quantitative estimate of drug-likeness (QED) is 0.352. The van der Waals surface area contributed by atoms with Crippen LogP contribution in [-0.2, 0) is 19.1 Å². The number of hydrogen-bond donors (Lipinski definition) is 3. The SMILES string of the molecule is COCCNC(=O)[C@H](c1ccc(O)cc1)N(C(=O)CCC(=O)Nc1ccccn1)c1ccc(F)cc1. The van der Waals surface area contributed by atoms with Crippen molar-refractivity contribution in [3.63, 3.8) is 0 Å². The second-order valence-electron chi connectivity index (χ2n) is 7.78. The molecule has 9 nitrogen and oxygen atoms in total. The average Bonchev–Trinajstić information content (AvgIpc) is 2.88. The number of amides is 3. The van der Waals surface area contributed by atoms with Crippen LogP contribution in [0.3, 0.4) is 0 Å². The summed E-state index contributed by atoms with van der Waals surface area (Å²) in [6.07, 6.45) is 1.14. The summed E-state index contributed by atoms with van der Waals surface area (Å²) in [5.74, 6) is -1.63. The first-order valence-corrected chi connectivity index (χ1v) is 11.2. The van der Waals surface area contributed by atoms with Gasteiger partial charge in [-0.3, -0.25) is 19.3 Å². The molecule has 0 spiro atoms. The second-order valence-corrected chi connectivity index (χ2v) is 7.78. The van der Waals surface area contributed by atoms with Crippen LogP contribution in [0.1, 0.15) is 24.4 Å². The van der Waals surface area contributed by atoms with E-state index in [1.54, 1.807) is 18.2 Å². The van der Waals surface area contributed by atoms with E-state index >= 15 is 0 Å². The maximum atomic E-state index is 13.7. The van der Waals surface area contributed by atoms with E-state index in [4.69, 9.17) is 4.74 Å². The van der Waals surface area contributed by atoms with Gasteiger partial charge < -0.3 is 20.5 Å². The van der Waals surface area contributed by atoms with Gasteiger partial charge in [0.05, 0.1) is 6.61 Å². The third-order valence-electron chi connectivity index (χ3n) is 5.19. The molecule has 3 amide bonds. The Hall–Kier alpha value is -4.31. The fourth-order valence-corrected chi connectivity index (χ4v) is 3.47. The highest BCUT2D eigenvalue weighted by molar-refractivity contribution is 6.03. The normalized spacial score (nSPS) is 11.4. The van der Waals surface area contributed by atoms with Crippen LogP contribution in [-0.4, -0.2) is 48.1 Å². The molecule has 3 rings (SSSR count). The number of carbonyl (C=O) groups is 3. The number of phenolic OH excluding ortho intramolecular Hbond substituents is 1. The van der Waals surface area contributed by atoms with Gasteiger partial charge in [0.1, 0.15) is 23.4 Å². The van der Waals surface area contributed by atoms with Crippen LogP contribution < -0.4 is 15.5 Å². The number of carbonyl (C=O) groups excluding carboxylic acids is 3. The van der Waals surface area contributed by atoms with Crippen LogP contribution in [0.5, 0.6) is 5.75 Å². The molecular formula is C26H27FN4O5. The molecule has 0 aliphatic carbocycles. The van der Waals surface area contributed by atoms with Crippen molar-refractivity contribution >= 4 is 29.2 Å². The lowest BCUT2D eigenvalue weighted by atomic mass is 10.0. The van der Waals surface area contributed by atoms with Crippen molar-refractivity contribution in [2.75, 3.05) is 30.5 Å². The summed E-state index contributed by atoms with van der Waals surface area (Å²) in [7, 11) is 1.49. The molecule has 2 aromatic carbocycles. The number of rotatable bonds is 11. The van der Waals surface area contributed by atoms with Gasteiger partial charge in [-0.15, -0.1) is 0 Å². The summed E-state index contributed by atoms with van der Waals surface area (Å²) >= 11 is 0. The van der Waals surface area contributed by atoms with Crippen LogP contribution in [0.4, 0.5) is 15.9 Å². The Labute approximate surface area is 207 Å². The van der Waals surface area contributed by atoms with Crippen molar-refractivity contribution in [3.05, 3.63) is 84.3 Å². The Morgan fingerprint density at radius 3 is 2.39 bits per heavy atom. The van der Waals surface area contributed by atoms with Crippen LogP contribution in [0.2, 0.25) is 0 Å². The first-order chi connectivity index (χ1) is 17.4. The summed E-state index contributed by atoms with van der Waals surface area (Å²) in [5, 5.41) is 15.1. The molecule has 188 valence electrons. The van der Waals surface area contributed by atoms with Gasteiger partial charge in [-0.25, -0.2) is 9.37 Å². The molecular weight excluding hydrogens is 467 g/mol. The fourth-order valence-electron chi connectivity index (χ4n) is 3.47. The Balaban J connectivity index is 1.89. The van der Waals surface area contributed by atoms with E-state index < -0.39 is 29.6 Å². The van der Waals surface area contributed by atoms with Crippen molar-refractivity contribution in [2.45, 2.75) is 18.9 Å². The van der Waals surface area contributed by atoms with E-state index in [9.17, 15) is 23.9 Å². The number of aromatic hydroxyl groups is 1. The van der Waals surface area contributed by atoms with Crippen LogP contribution in [0.15, 0.2) is 72.9 Å². The zero-order valence-electron chi connectivity index (χ0n) is 19.7. The largest absolute Gasteiger partial charge is 0.508 e. The van der Waals surface area contributed by atoms with Crippen molar-refractivity contribution < 1.29 is 28.6 Å². The Kier molecular flexibility index (Phi) is 9.47. The van der Waals surface area contributed by atoms with Crippen molar-refractivity contribution in [1.29, 1.82) is 0 Å². The highest BCUT2D eigenvalue weighted by Crippen LogP contribution is 2.30. The second kappa shape index (κ2) is 13.0. The number of nitrogens with one attached hydrogen (secondary N) is 2. The zero-order valence-corrected chi connectivity index (χ0v) is 19.7. The molecule has 1 atom stereocenters. The first kappa shape index (κ1) is 26.3. The van der Waals surface area contributed by atoms with E-state index in [1.807, 2.05) is 0 Å². The maximum absolute atomic E-state index is 13.7. The first-order valence-electron chi connectivity index (χ1n) is 11.2. The van der Waals surface area contributed by atoms with Gasteiger partial charge in [0.15, 0.2) is 0 Å². The van der Waals surface area contributed by atoms with Gasteiger partial charge in [-0.1, -0.05) is 18.2 Å². The summed E-state index contributed by atoms with van der Waals surface area (Å²) < 4.78 is 18.7. The van der Waals surface area contributed by atoms with Gasteiger partial charge in [-0.05, 0) is 54.1 Å². The minimum atomic E-state index is -1.15. The minimum Gasteiger partial charge on any atom is -0.508 e. The van der Waals surface area contributed by atoms with E-state index in [0.717, 1.165) is 0 Å². The van der Waals surface area contributed by atoms with Crippen LogP contribution >= 0.6 is 0 Å². The molecule has 0 aliphatic rings. The number of pyridine rings is 1. The topological polar surface area (TPSA) is 121 Å². The Morgan fingerprint density at radius 2 is 1.75 bits per heavy atom. The third kappa shape index (κ3) is 7.34. The molecule has 3 N–H and O–H groups in total. The molecule has 0 aliphatic heterocycles. The summed E-state index contributed by atoms with van der Waals surface area (Å²) in [4.78, 5) is 44.4. The summed E-state index contributed by atoms with van der Waals surface area (Å²) in [6, 6.07) is 14.9. The number of hydrogen-bond acceptors (Lipinski definition) is 6. The number of phenols is 1. The van der Waals surface area contributed by atoms with E-state index in [2.05, 4.69) is 15.6 Å². The highest BCUT2D eigenvalue weighted by Gasteiger charge is 2.32. The zero-order chi connectivity index (χ0) is 25.9. The van der Waals surface area contributed by atoms with Crippen LogP contribution in [0, 0.1) is 5.82 Å². The number of halogens is 1. The van der Waals surface area contributed by atoms with E-state index in [-0.39, 0.29) is 37.4 Å².